The molecule has 1 aromatic rings. The topological polar surface area (TPSA) is 21.3 Å². The number of unbranched alkanes of at least 4 members (excludes halogenated alkanes) is 4. The molecule has 0 fully saturated rings. The van der Waals surface area contributed by atoms with Crippen molar-refractivity contribution in [1.82, 2.24) is 5.32 Å². The first kappa shape index (κ1) is 17.6. The molecule has 114 valence electrons. The smallest absolute Gasteiger partial charge is 0.142 e. The maximum absolute atomic E-state index is 6.17. The van der Waals surface area contributed by atoms with Crippen LogP contribution in [0, 0.1) is 0 Å². The minimum atomic E-state index is 0.582. The van der Waals surface area contributed by atoms with E-state index >= 15 is 0 Å². The Morgan fingerprint density at radius 1 is 1.05 bits per heavy atom. The van der Waals surface area contributed by atoms with E-state index in [4.69, 9.17) is 27.9 Å². The molecule has 0 spiro atoms. The van der Waals surface area contributed by atoms with Gasteiger partial charge in [-0.1, -0.05) is 55.8 Å². The second-order valence-corrected chi connectivity index (χ2v) is 5.74. The second kappa shape index (κ2) is 10.3. The summed E-state index contributed by atoms with van der Waals surface area (Å²) in [6.07, 6.45) is 6.43. The van der Waals surface area contributed by atoms with Crippen molar-refractivity contribution in [1.29, 1.82) is 0 Å². The number of nitrogens with one attached hydrogen (secondary N) is 1. The zero-order valence-corrected chi connectivity index (χ0v) is 14.0. The standard InChI is InChI=1S/C16H25Cl2NO/c1-3-5-6-7-8-9-19-12-13-10-14(17)11-15(18)16(13)20-4-2/h10-11,19H,3-9,12H2,1-2H3. The van der Waals surface area contributed by atoms with Gasteiger partial charge in [-0.05, 0) is 32.0 Å². The minimum Gasteiger partial charge on any atom is -0.492 e. The lowest BCUT2D eigenvalue weighted by Crippen LogP contribution is -2.15. The largest absolute Gasteiger partial charge is 0.492 e. The van der Waals surface area contributed by atoms with Crippen LogP contribution in [0.1, 0.15) is 51.5 Å². The van der Waals surface area contributed by atoms with Gasteiger partial charge in [0, 0.05) is 17.1 Å². The molecule has 4 heteroatoms. The van der Waals surface area contributed by atoms with Crippen LogP contribution < -0.4 is 10.1 Å². The number of rotatable bonds is 10. The predicted molar refractivity (Wildman–Crippen MR) is 88.1 cm³/mol. The maximum Gasteiger partial charge on any atom is 0.142 e. The van der Waals surface area contributed by atoms with E-state index in [1.807, 2.05) is 13.0 Å². The second-order valence-electron chi connectivity index (χ2n) is 4.90. The van der Waals surface area contributed by atoms with Gasteiger partial charge in [0.15, 0.2) is 0 Å². The van der Waals surface area contributed by atoms with Crippen LogP contribution >= 0.6 is 23.2 Å². The Kier molecular flexibility index (Phi) is 9.08. The van der Waals surface area contributed by atoms with E-state index in [2.05, 4.69) is 12.2 Å². The van der Waals surface area contributed by atoms with E-state index in [0.29, 0.717) is 16.7 Å². The molecule has 0 amide bonds. The van der Waals surface area contributed by atoms with Gasteiger partial charge in [0.1, 0.15) is 5.75 Å². The van der Waals surface area contributed by atoms with Crippen LogP contribution in [0.4, 0.5) is 0 Å². The average Bonchev–Trinajstić information content (AvgIpc) is 2.41. The van der Waals surface area contributed by atoms with Gasteiger partial charge in [-0.2, -0.15) is 0 Å². The zero-order valence-electron chi connectivity index (χ0n) is 12.5. The number of ether oxygens (including phenoxy) is 1. The Bertz CT molecular complexity index is 396. The number of halogens is 2. The van der Waals surface area contributed by atoms with Crippen LogP contribution in [0.5, 0.6) is 5.75 Å². The van der Waals surface area contributed by atoms with Crippen molar-refractivity contribution in [3.63, 3.8) is 0 Å². The van der Waals surface area contributed by atoms with Gasteiger partial charge in [0.05, 0.1) is 11.6 Å². The summed E-state index contributed by atoms with van der Waals surface area (Å²) in [7, 11) is 0. The van der Waals surface area contributed by atoms with Crippen LogP contribution in [-0.4, -0.2) is 13.2 Å². The van der Waals surface area contributed by atoms with Crippen molar-refractivity contribution in [3.8, 4) is 5.75 Å². The van der Waals surface area contributed by atoms with E-state index in [9.17, 15) is 0 Å². The Labute approximate surface area is 132 Å². The first-order valence-corrected chi connectivity index (χ1v) is 8.26. The first-order valence-electron chi connectivity index (χ1n) is 7.50. The van der Waals surface area contributed by atoms with Gasteiger partial charge >= 0.3 is 0 Å². The van der Waals surface area contributed by atoms with Gasteiger partial charge in [-0.25, -0.2) is 0 Å². The lowest BCUT2D eigenvalue weighted by Gasteiger charge is -2.13. The van der Waals surface area contributed by atoms with Crippen LogP contribution in [0.25, 0.3) is 0 Å². The summed E-state index contributed by atoms with van der Waals surface area (Å²) < 4.78 is 5.60. The molecular weight excluding hydrogens is 293 g/mol. The summed E-state index contributed by atoms with van der Waals surface area (Å²) in [5, 5.41) is 4.67. The Balaban J connectivity index is 2.42. The lowest BCUT2D eigenvalue weighted by molar-refractivity contribution is 0.335. The summed E-state index contributed by atoms with van der Waals surface area (Å²) in [5.41, 5.74) is 1.03. The summed E-state index contributed by atoms with van der Waals surface area (Å²) in [4.78, 5) is 0. The van der Waals surface area contributed by atoms with E-state index in [1.165, 1.54) is 32.1 Å². The van der Waals surface area contributed by atoms with Crippen molar-refractivity contribution >= 4 is 23.2 Å². The molecule has 20 heavy (non-hydrogen) atoms. The Hall–Kier alpha value is -0.440. The highest BCUT2D eigenvalue weighted by Crippen LogP contribution is 2.32. The summed E-state index contributed by atoms with van der Waals surface area (Å²) in [6.45, 7) is 6.54. The molecule has 1 rings (SSSR count). The first-order chi connectivity index (χ1) is 9.69. The van der Waals surface area contributed by atoms with Crippen molar-refractivity contribution < 1.29 is 4.74 Å². The Morgan fingerprint density at radius 3 is 2.50 bits per heavy atom. The third-order valence-electron chi connectivity index (χ3n) is 3.15. The van der Waals surface area contributed by atoms with Crippen molar-refractivity contribution in [2.45, 2.75) is 52.5 Å². The van der Waals surface area contributed by atoms with Gasteiger partial charge in [0.2, 0.25) is 0 Å². The molecule has 0 aliphatic heterocycles. The van der Waals surface area contributed by atoms with Gasteiger partial charge in [0.25, 0.3) is 0 Å². The molecule has 0 bridgehead atoms. The normalized spacial score (nSPS) is 10.8. The fourth-order valence-electron chi connectivity index (χ4n) is 2.13. The van der Waals surface area contributed by atoms with Gasteiger partial charge < -0.3 is 10.1 Å². The molecule has 2 nitrogen and oxygen atoms in total. The molecule has 0 saturated carbocycles. The predicted octanol–water partition coefficient (Wildman–Crippen LogP) is 5.45. The summed E-state index contributed by atoms with van der Waals surface area (Å²) in [5.74, 6) is 0.747. The number of benzene rings is 1. The van der Waals surface area contributed by atoms with Gasteiger partial charge in [-0.15, -0.1) is 0 Å². The molecule has 0 saturated heterocycles. The van der Waals surface area contributed by atoms with Crippen LogP contribution in [0.2, 0.25) is 10.0 Å². The zero-order chi connectivity index (χ0) is 14.8. The molecule has 0 aliphatic carbocycles. The molecule has 0 heterocycles. The quantitative estimate of drug-likeness (QED) is 0.579. The van der Waals surface area contributed by atoms with Gasteiger partial charge in [-0.3, -0.25) is 0 Å². The molecule has 0 aromatic heterocycles. The number of hydrogen-bond acceptors (Lipinski definition) is 2. The van der Waals surface area contributed by atoms with E-state index < -0.39 is 0 Å². The van der Waals surface area contributed by atoms with Crippen LogP contribution in [-0.2, 0) is 6.54 Å². The lowest BCUT2D eigenvalue weighted by atomic mass is 10.1. The summed E-state index contributed by atoms with van der Waals surface area (Å²) >= 11 is 12.2. The monoisotopic (exact) mass is 317 g/mol. The highest BCUT2D eigenvalue weighted by molar-refractivity contribution is 6.35. The van der Waals surface area contributed by atoms with Crippen molar-refractivity contribution in [2.24, 2.45) is 0 Å². The van der Waals surface area contributed by atoms with E-state index in [0.717, 1.165) is 24.4 Å². The average molecular weight is 318 g/mol. The molecule has 0 atom stereocenters. The third-order valence-corrected chi connectivity index (χ3v) is 3.65. The number of hydrogen-bond donors (Lipinski definition) is 1. The van der Waals surface area contributed by atoms with E-state index in [-0.39, 0.29) is 0 Å². The SMILES string of the molecule is CCCCCCCNCc1cc(Cl)cc(Cl)c1OCC. The third kappa shape index (κ3) is 6.34. The van der Waals surface area contributed by atoms with Crippen LogP contribution in [0.15, 0.2) is 12.1 Å². The van der Waals surface area contributed by atoms with E-state index in [1.54, 1.807) is 6.07 Å². The molecule has 0 unspecified atom stereocenters. The molecule has 0 radical (unpaired) electrons. The molecular formula is C16H25Cl2NO. The fraction of sp³-hybridized carbons (Fsp3) is 0.625. The van der Waals surface area contributed by atoms with Crippen molar-refractivity contribution in [3.05, 3.63) is 27.7 Å². The molecule has 1 aromatic carbocycles. The molecule has 0 aliphatic rings. The minimum absolute atomic E-state index is 0.582. The van der Waals surface area contributed by atoms with Crippen LogP contribution in [0.3, 0.4) is 0 Å². The maximum atomic E-state index is 6.17. The fourth-order valence-corrected chi connectivity index (χ4v) is 2.72. The summed E-state index contributed by atoms with van der Waals surface area (Å²) in [6, 6.07) is 3.64. The molecule has 1 N–H and O–H groups in total. The highest BCUT2D eigenvalue weighted by atomic mass is 35.5. The highest BCUT2D eigenvalue weighted by Gasteiger charge is 2.10. The Morgan fingerprint density at radius 2 is 1.80 bits per heavy atom. The van der Waals surface area contributed by atoms with Crippen molar-refractivity contribution in [2.75, 3.05) is 13.2 Å².